The molecule has 0 spiro atoms. The van der Waals surface area contributed by atoms with Gasteiger partial charge in [-0.1, -0.05) is 12.1 Å². The van der Waals surface area contributed by atoms with E-state index in [9.17, 15) is 18.8 Å². The average molecular weight is 452 g/mol. The van der Waals surface area contributed by atoms with Crippen LogP contribution in [0.1, 0.15) is 39.0 Å². The summed E-state index contributed by atoms with van der Waals surface area (Å²) in [5, 5.41) is 7.11. The van der Waals surface area contributed by atoms with E-state index in [1.807, 2.05) is 0 Å². The number of carbonyl (C=O) groups is 3. The highest BCUT2D eigenvalue weighted by molar-refractivity contribution is 7.13. The number of alkyl carbamates (subject to hydrolysis) is 1. The van der Waals surface area contributed by atoms with Gasteiger partial charge in [-0.25, -0.2) is 14.2 Å². The van der Waals surface area contributed by atoms with Crippen LogP contribution in [-0.2, 0) is 31.9 Å². The van der Waals surface area contributed by atoms with Crippen molar-refractivity contribution in [3.8, 4) is 0 Å². The van der Waals surface area contributed by atoms with Gasteiger partial charge in [0.05, 0.1) is 18.7 Å². The van der Waals surface area contributed by atoms with Crippen LogP contribution in [0.4, 0.5) is 14.3 Å². The molecule has 31 heavy (non-hydrogen) atoms. The van der Waals surface area contributed by atoms with Crippen molar-refractivity contribution in [2.45, 2.75) is 52.2 Å². The second-order valence-electron chi connectivity index (χ2n) is 7.64. The fraction of sp³-hybridized carbons (Fsp3) is 0.429. The minimum Gasteiger partial charge on any atom is -0.466 e. The number of rotatable bonds is 8. The van der Waals surface area contributed by atoms with Crippen LogP contribution < -0.4 is 10.6 Å². The Labute approximate surface area is 184 Å². The maximum Gasteiger partial charge on any atom is 0.408 e. The Hall–Kier alpha value is -3.01. The number of thiazole rings is 1. The zero-order valence-electron chi connectivity index (χ0n) is 17.9. The molecule has 2 aromatic rings. The van der Waals surface area contributed by atoms with E-state index < -0.39 is 35.4 Å². The van der Waals surface area contributed by atoms with E-state index in [0.29, 0.717) is 11.3 Å². The lowest BCUT2D eigenvalue weighted by Gasteiger charge is -2.23. The first kappa shape index (κ1) is 24.3. The summed E-state index contributed by atoms with van der Waals surface area (Å²) in [4.78, 5) is 40.8. The molecular weight excluding hydrogens is 425 g/mol. The van der Waals surface area contributed by atoms with Gasteiger partial charge in [-0.15, -0.1) is 11.3 Å². The van der Waals surface area contributed by atoms with Gasteiger partial charge in [-0.2, -0.15) is 0 Å². The van der Waals surface area contributed by atoms with Crippen molar-refractivity contribution in [2.75, 3.05) is 11.9 Å². The van der Waals surface area contributed by atoms with Crippen LogP contribution >= 0.6 is 11.3 Å². The molecule has 10 heteroatoms. The molecule has 0 aliphatic heterocycles. The summed E-state index contributed by atoms with van der Waals surface area (Å²) >= 11 is 1.15. The van der Waals surface area contributed by atoms with E-state index in [2.05, 4.69) is 15.6 Å². The third-order valence-corrected chi connectivity index (χ3v) is 4.58. The van der Waals surface area contributed by atoms with Gasteiger partial charge in [-0.05, 0) is 45.4 Å². The zero-order valence-corrected chi connectivity index (χ0v) is 18.7. The summed E-state index contributed by atoms with van der Waals surface area (Å²) in [6.07, 6.45) is -0.640. The van der Waals surface area contributed by atoms with Crippen LogP contribution in [0.25, 0.3) is 0 Å². The van der Waals surface area contributed by atoms with Crippen LogP contribution in [0.3, 0.4) is 0 Å². The number of ether oxygens (including phenoxy) is 2. The maximum atomic E-state index is 13.2. The smallest absolute Gasteiger partial charge is 0.408 e. The van der Waals surface area contributed by atoms with Crippen LogP contribution in [0.5, 0.6) is 0 Å². The number of esters is 1. The molecule has 0 saturated heterocycles. The number of halogens is 1. The molecule has 0 bridgehead atoms. The highest BCUT2D eigenvalue weighted by Crippen LogP contribution is 2.17. The fourth-order valence-corrected chi connectivity index (χ4v) is 3.23. The topological polar surface area (TPSA) is 107 Å². The number of hydrogen-bond acceptors (Lipinski definition) is 7. The second-order valence-corrected chi connectivity index (χ2v) is 8.50. The fourth-order valence-electron chi connectivity index (χ4n) is 2.51. The Morgan fingerprint density at radius 1 is 1.19 bits per heavy atom. The van der Waals surface area contributed by atoms with Crippen LogP contribution in [0.15, 0.2) is 29.6 Å². The quantitative estimate of drug-likeness (QED) is 0.596. The number of benzene rings is 1. The van der Waals surface area contributed by atoms with Crippen molar-refractivity contribution >= 4 is 34.4 Å². The molecule has 1 atom stereocenters. The molecule has 0 radical (unpaired) electrons. The van der Waals surface area contributed by atoms with Gasteiger partial charge in [0, 0.05) is 11.8 Å². The molecule has 2 rings (SSSR count). The van der Waals surface area contributed by atoms with Crippen LogP contribution in [0.2, 0.25) is 0 Å². The summed E-state index contributed by atoms with van der Waals surface area (Å²) in [5.74, 6) is -1.33. The normalized spacial score (nSPS) is 12.0. The molecule has 0 aliphatic carbocycles. The zero-order chi connectivity index (χ0) is 23.0. The van der Waals surface area contributed by atoms with Gasteiger partial charge in [0.25, 0.3) is 0 Å². The predicted octanol–water partition coefficient (Wildman–Crippen LogP) is 3.46. The van der Waals surface area contributed by atoms with E-state index in [1.165, 1.54) is 24.3 Å². The molecule has 8 nitrogen and oxygen atoms in total. The lowest BCUT2D eigenvalue weighted by Crippen LogP contribution is -2.47. The molecule has 1 aromatic heterocycles. The monoisotopic (exact) mass is 451 g/mol. The molecule has 1 heterocycles. The molecule has 2 N–H and O–H groups in total. The summed E-state index contributed by atoms with van der Waals surface area (Å²) in [5.41, 5.74) is 0.381. The SMILES string of the molecule is CCOC(=O)Cc1csc(NC(=O)C(Cc2ccc(F)cc2)NC(=O)OC(C)(C)C)n1. The Bertz CT molecular complexity index is 908. The van der Waals surface area contributed by atoms with Gasteiger partial charge < -0.3 is 20.1 Å². The van der Waals surface area contributed by atoms with Gasteiger partial charge in [0.1, 0.15) is 17.5 Å². The van der Waals surface area contributed by atoms with E-state index >= 15 is 0 Å². The van der Waals surface area contributed by atoms with Crippen LogP contribution in [0, 0.1) is 5.82 Å². The Kier molecular flexibility index (Phi) is 8.49. The third kappa shape index (κ3) is 8.71. The van der Waals surface area contributed by atoms with Crippen molar-refractivity contribution in [1.82, 2.24) is 10.3 Å². The molecule has 168 valence electrons. The lowest BCUT2D eigenvalue weighted by atomic mass is 10.1. The predicted molar refractivity (Wildman–Crippen MR) is 114 cm³/mol. The highest BCUT2D eigenvalue weighted by Gasteiger charge is 2.25. The van der Waals surface area contributed by atoms with E-state index in [-0.39, 0.29) is 24.6 Å². The lowest BCUT2D eigenvalue weighted by molar-refractivity contribution is -0.142. The first-order valence-corrected chi connectivity index (χ1v) is 10.6. The first-order chi connectivity index (χ1) is 14.6. The van der Waals surface area contributed by atoms with E-state index in [0.717, 1.165) is 11.3 Å². The van der Waals surface area contributed by atoms with Gasteiger partial charge in [0.2, 0.25) is 5.91 Å². The largest absolute Gasteiger partial charge is 0.466 e. The van der Waals surface area contributed by atoms with Crippen molar-refractivity contribution in [3.63, 3.8) is 0 Å². The Balaban J connectivity index is 2.09. The average Bonchev–Trinajstić information content (AvgIpc) is 3.08. The van der Waals surface area contributed by atoms with E-state index in [4.69, 9.17) is 9.47 Å². The number of nitrogens with zero attached hydrogens (tertiary/aromatic N) is 1. The summed E-state index contributed by atoms with van der Waals surface area (Å²) in [6, 6.07) is 4.64. The van der Waals surface area contributed by atoms with Crippen molar-refractivity contribution in [1.29, 1.82) is 0 Å². The molecule has 0 aliphatic rings. The summed E-state index contributed by atoms with van der Waals surface area (Å²) in [6.45, 7) is 7.12. The van der Waals surface area contributed by atoms with Gasteiger partial charge in [-0.3, -0.25) is 9.59 Å². The van der Waals surface area contributed by atoms with E-state index in [1.54, 1.807) is 33.1 Å². The minimum atomic E-state index is -0.988. The van der Waals surface area contributed by atoms with Gasteiger partial charge in [0.15, 0.2) is 5.13 Å². The third-order valence-electron chi connectivity index (χ3n) is 3.77. The molecule has 1 unspecified atom stereocenters. The Morgan fingerprint density at radius 2 is 1.87 bits per heavy atom. The first-order valence-electron chi connectivity index (χ1n) is 9.70. The van der Waals surface area contributed by atoms with Crippen LogP contribution in [-0.4, -0.2) is 41.2 Å². The molecule has 1 aromatic carbocycles. The number of nitrogens with one attached hydrogen (secondary N) is 2. The molecular formula is C21H26FN3O5S. The standard InChI is InChI=1S/C21H26FN3O5S/c1-5-29-17(26)11-15-12-31-19(23-15)25-18(27)16(24-20(28)30-21(2,3)4)10-13-6-8-14(22)9-7-13/h6-9,12,16H,5,10-11H2,1-4H3,(H,24,28)(H,23,25,27). The van der Waals surface area contributed by atoms with Crippen molar-refractivity contribution in [3.05, 3.63) is 46.7 Å². The van der Waals surface area contributed by atoms with Crippen molar-refractivity contribution in [2.24, 2.45) is 0 Å². The summed E-state index contributed by atoms with van der Waals surface area (Å²) in [7, 11) is 0. The maximum absolute atomic E-state index is 13.2. The number of aromatic nitrogens is 1. The molecule has 0 fully saturated rings. The van der Waals surface area contributed by atoms with Crippen molar-refractivity contribution < 1.29 is 28.2 Å². The molecule has 2 amide bonds. The number of amides is 2. The van der Waals surface area contributed by atoms with Gasteiger partial charge >= 0.3 is 12.1 Å². The number of anilines is 1. The Morgan fingerprint density at radius 3 is 2.48 bits per heavy atom. The second kappa shape index (κ2) is 10.9. The number of carbonyl (C=O) groups excluding carboxylic acids is 3. The highest BCUT2D eigenvalue weighted by atomic mass is 32.1. The minimum absolute atomic E-state index is 0.00459. The summed E-state index contributed by atoms with van der Waals surface area (Å²) < 4.78 is 23.3. The number of hydrogen-bond donors (Lipinski definition) is 2. The molecule has 0 saturated carbocycles.